The zero-order valence-electron chi connectivity index (χ0n) is 10.4. The summed E-state index contributed by atoms with van der Waals surface area (Å²) in [5, 5.41) is 11.3. The van der Waals surface area contributed by atoms with Crippen LogP contribution in [0.25, 0.3) is 0 Å². The fourth-order valence-electron chi connectivity index (χ4n) is 3.19. The Morgan fingerprint density at radius 1 is 1.67 bits per heavy atom. The van der Waals surface area contributed by atoms with E-state index in [1.54, 1.807) is 11.3 Å². The molecule has 1 saturated heterocycles. The summed E-state index contributed by atoms with van der Waals surface area (Å²) in [5.74, 6) is 0. The Kier molecular flexibility index (Phi) is 2.83. The van der Waals surface area contributed by atoms with Crippen molar-refractivity contribution in [2.45, 2.75) is 37.8 Å². The highest BCUT2D eigenvalue weighted by Gasteiger charge is 2.45. The second kappa shape index (κ2) is 4.24. The molecule has 18 heavy (non-hydrogen) atoms. The topological polar surface area (TPSA) is 49.8 Å². The van der Waals surface area contributed by atoms with Crippen LogP contribution in [0, 0.1) is 0 Å². The first-order valence-electron chi connectivity index (χ1n) is 6.33. The lowest BCUT2D eigenvalue weighted by Crippen LogP contribution is -2.51. The standard InChI is InChI=1S/C13H17NO3S/c1-9-8-13(4-5-14(9)12(15)16)11-10(2-6-17-13)3-7-18-11/h3,7,9H,2,4-6,8H2,1H3,(H,15,16)/t9-,13+/m0/s1. The summed E-state index contributed by atoms with van der Waals surface area (Å²) >= 11 is 1.75. The van der Waals surface area contributed by atoms with Crippen LogP contribution in [-0.2, 0) is 16.8 Å². The van der Waals surface area contributed by atoms with E-state index >= 15 is 0 Å². The Balaban J connectivity index is 1.89. The van der Waals surface area contributed by atoms with E-state index < -0.39 is 6.09 Å². The number of carboxylic acid groups (broad SMARTS) is 1. The van der Waals surface area contributed by atoms with Gasteiger partial charge in [0.2, 0.25) is 0 Å². The van der Waals surface area contributed by atoms with E-state index in [1.807, 2.05) is 6.92 Å². The Hall–Kier alpha value is -1.07. The minimum Gasteiger partial charge on any atom is -0.465 e. The van der Waals surface area contributed by atoms with E-state index in [1.165, 1.54) is 15.3 Å². The predicted molar refractivity (Wildman–Crippen MR) is 69.1 cm³/mol. The number of hydrogen-bond acceptors (Lipinski definition) is 3. The summed E-state index contributed by atoms with van der Waals surface area (Å²) in [7, 11) is 0. The molecule has 3 rings (SSSR count). The highest BCUT2D eigenvalue weighted by atomic mass is 32.1. The van der Waals surface area contributed by atoms with Crippen LogP contribution in [0.3, 0.4) is 0 Å². The first-order chi connectivity index (χ1) is 8.62. The fraction of sp³-hybridized carbons (Fsp3) is 0.615. The minimum atomic E-state index is -0.820. The van der Waals surface area contributed by atoms with Crippen LogP contribution in [0.4, 0.5) is 4.79 Å². The highest BCUT2D eigenvalue weighted by Crippen LogP contribution is 2.45. The molecule has 1 aromatic rings. The van der Waals surface area contributed by atoms with Gasteiger partial charge in [0.25, 0.3) is 0 Å². The van der Waals surface area contributed by atoms with Crippen molar-refractivity contribution in [2.75, 3.05) is 13.2 Å². The van der Waals surface area contributed by atoms with E-state index in [0.717, 1.165) is 25.9 Å². The molecule has 2 aliphatic rings. The van der Waals surface area contributed by atoms with Crippen LogP contribution in [0.2, 0.25) is 0 Å². The zero-order chi connectivity index (χ0) is 12.8. The van der Waals surface area contributed by atoms with Gasteiger partial charge in [0, 0.05) is 23.9 Å². The van der Waals surface area contributed by atoms with Crippen molar-refractivity contribution in [3.8, 4) is 0 Å². The van der Waals surface area contributed by atoms with Gasteiger partial charge in [0.1, 0.15) is 5.60 Å². The van der Waals surface area contributed by atoms with Gasteiger partial charge in [-0.1, -0.05) is 0 Å². The molecule has 1 N–H and O–H groups in total. The van der Waals surface area contributed by atoms with Crippen molar-refractivity contribution in [3.63, 3.8) is 0 Å². The summed E-state index contributed by atoms with van der Waals surface area (Å²) in [6.07, 6.45) is 1.71. The molecule has 0 unspecified atom stereocenters. The number of amides is 1. The molecule has 4 nitrogen and oxygen atoms in total. The lowest BCUT2D eigenvalue weighted by atomic mass is 9.82. The highest BCUT2D eigenvalue weighted by molar-refractivity contribution is 7.10. The molecule has 5 heteroatoms. The predicted octanol–water partition coefficient (Wildman–Crippen LogP) is 2.68. The van der Waals surface area contributed by atoms with Gasteiger partial charge in [-0.3, -0.25) is 0 Å². The molecule has 0 saturated carbocycles. The van der Waals surface area contributed by atoms with Gasteiger partial charge in [0.05, 0.1) is 6.61 Å². The average molecular weight is 267 g/mol. The number of nitrogens with zero attached hydrogens (tertiary/aromatic N) is 1. The molecule has 2 atom stereocenters. The summed E-state index contributed by atoms with van der Waals surface area (Å²) in [4.78, 5) is 14.0. The number of carbonyl (C=O) groups is 1. The summed E-state index contributed by atoms with van der Waals surface area (Å²) in [5.41, 5.74) is 1.16. The van der Waals surface area contributed by atoms with E-state index in [4.69, 9.17) is 9.84 Å². The van der Waals surface area contributed by atoms with Crippen molar-refractivity contribution in [1.29, 1.82) is 0 Å². The SMILES string of the molecule is C[C@H]1C[C@@]2(CCN1C(=O)O)OCCc1ccsc12. The third-order valence-electron chi connectivity index (χ3n) is 4.07. The molecule has 1 fully saturated rings. The largest absolute Gasteiger partial charge is 0.465 e. The minimum absolute atomic E-state index is 0.0179. The fourth-order valence-corrected chi connectivity index (χ4v) is 4.34. The van der Waals surface area contributed by atoms with Gasteiger partial charge in [-0.25, -0.2) is 4.79 Å². The van der Waals surface area contributed by atoms with Crippen LogP contribution in [0.15, 0.2) is 11.4 Å². The average Bonchev–Trinajstić information content (AvgIpc) is 2.78. The summed E-state index contributed by atoms with van der Waals surface area (Å²) < 4.78 is 6.08. The van der Waals surface area contributed by atoms with E-state index in [0.29, 0.717) is 6.54 Å². The molecule has 0 radical (unpaired) electrons. The first-order valence-corrected chi connectivity index (χ1v) is 7.21. The van der Waals surface area contributed by atoms with Gasteiger partial charge in [-0.05, 0) is 36.8 Å². The molecular formula is C13H17NO3S. The van der Waals surface area contributed by atoms with Crippen LogP contribution in [-0.4, -0.2) is 35.3 Å². The van der Waals surface area contributed by atoms with Crippen molar-refractivity contribution in [1.82, 2.24) is 4.90 Å². The Labute approximate surface area is 110 Å². The molecule has 1 amide bonds. The van der Waals surface area contributed by atoms with Crippen molar-refractivity contribution < 1.29 is 14.6 Å². The second-order valence-corrected chi connectivity index (χ2v) is 6.06. The smallest absolute Gasteiger partial charge is 0.407 e. The molecule has 0 aliphatic carbocycles. The molecule has 3 heterocycles. The van der Waals surface area contributed by atoms with E-state index in [2.05, 4.69) is 11.4 Å². The van der Waals surface area contributed by atoms with Crippen molar-refractivity contribution >= 4 is 17.4 Å². The third kappa shape index (κ3) is 1.73. The Morgan fingerprint density at radius 2 is 2.50 bits per heavy atom. The van der Waals surface area contributed by atoms with Gasteiger partial charge >= 0.3 is 6.09 Å². The van der Waals surface area contributed by atoms with Gasteiger partial charge in [-0.15, -0.1) is 11.3 Å². The van der Waals surface area contributed by atoms with E-state index in [-0.39, 0.29) is 11.6 Å². The van der Waals surface area contributed by atoms with Crippen LogP contribution in [0.5, 0.6) is 0 Å². The van der Waals surface area contributed by atoms with Crippen LogP contribution >= 0.6 is 11.3 Å². The number of piperidine rings is 1. The first kappa shape index (κ1) is 12.0. The zero-order valence-corrected chi connectivity index (χ0v) is 11.2. The van der Waals surface area contributed by atoms with Gasteiger partial charge < -0.3 is 14.7 Å². The monoisotopic (exact) mass is 267 g/mol. The maximum atomic E-state index is 11.1. The summed E-state index contributed by atoms with van der Waals surface area (Å²) in [6, 6.07) is 2.20. The number of likely N-dealkylation sites (tertiary alicyclic amines) is 1. The molecule has 2 aliphatic heterocycles. The second-order valence-electron chi connectivity index (χ2n) is 5.15. The number of fused-ring (bicyclic) bond motifs is 2. The normalized spacial score (nSPS) is 31.4. The van der Waals surface area contributed by atoms with Gasteiger partial charge in [0.15, 0.2) is 0 Å². The third-order valence-corrected chi connectivity index (χ3v) is 5.21. The molecule has 0 bridgehead atoms. The molecule has 98 valence electrons. The van der Waals surface area contributed by atoms with Crippen molar-refractivity contribution in [2.24, 2.45) is 0 Å². The van der Waals surface area contributed by atoms with Crippen LogP contribution in [0.1, 0.15) is 30.2 Å². The molecule has 0 aromatic carbocycles. The molecule has 1 aromatic heterocycles. The Bertz CT molecular complexity index is 473. The van der Waals surface area contributed by atoms with Crippen molar-refractivity contribution in [3.05, 3.63) is 21.9 Å². The number of thiophene rings is 1. The lowest BCUT2D eigenvalue weighted by Gasteiger charge is -2.46. The number of ether oxygens (including phenoxy) is 1. The maximum absolute atomic E-state index is 11.1. The maximum Gasteiger partial charge on any atom is 0.407 e. The van der Waals surface area contributed by atoms with Gasteiger partial charge in [-0.2, -0.15) is 0 Å². The Morgan fingerprint density at radius 3 is 3.22 bits per heavy atom. The molecule has 1 spiro atoms. The summed E-state index contributed by atoms with van der Waals surface area (Å²) in [6.45, 7) is 3.29. The lowest BCUT2D eigenvalue weighted by molar-refractivity contribution is -0.104. The van der Waals surface area contributed by atoms with E-state index in [9.17, 15) is 4.79 Å². The number of hydrogen-bond donors (Lipinski definition) is 1. The molecular weight excluding hydrogens is 250 g/mol. The number of rotatable bonds is 0. The quantitative estimate of drug-likeness (QED) is 0.786. The van der Waals surface area contributed by atoms with Crippen LogP contribution < -0.4 is 0 Å².